The first-order valence-corrected chi connectivity index (χ1v) is 8.81. The number of unbranched alkanes of at least 4 members (excludes halogenated alkanes) is 1. The molecule has 7 heteroatoms. The predicted octanol–water partition coefficient (Wildman–Crippen LogP) is 3.99. The Kier molecular flexibility index (Phi) is 6.91. The quantitative estimate of drug-likeness (QED) is 0.600. The summed E-state index contributed by atoms with van der Waals surface area (Å²) in [6, 6.07) is 4.71. The molecule has 19 heavy (non-hydrogen) atoms. The van der Waals surface area contributed by atoms with E-state index in [-0.39, 0.29) is 11.8 Å². The van der Waals surface area contributed by atoms with Crippen LogP contribution in [-0.2, 0) is 10.0 Å². The van der Waals surface area contributed by atoms with E-state index in [1.165, 1.54) is 0 Å². The largest absolute Gasteiger partial charge is 0.212 e. The highest BCUT2D eigenvalue weighted by molar-refractivity contribution is 7.89. The molecule has 0 aliphatic heterocycles. The van der Waals surface area contributed by atoms with Crippen LogP contribution < -0.4 is 4.72 Å². The van der Waals surface area contributed by atoms with Crippen molar-refractivity contribution in [3.8, 4) is 0 Å². The number of nitrogens with one attached hydrogen (secondary N) is 1. The fourth-order valence-electron chi connectivity index (χ4n) is 1.56. The van der Waals surface area contributed by atoms with Crippen molar-refractivity contribution in [2.75, 3.05) is 11.6 Å². The molecule has 3 nitrogen and oxygen atoms in total. The number of sulfonamides is 1. The molecular formula is C12H16Cl3NO2S. The zero-order valence-electron chi connectivity index (χ0n) is 10.5. The van der Waals surface area contributed by atoms with Gasteiger partial charge in [0, 0.05) is 11.9 Å². The normalized spacial score (nSPS) is 13.5. The summed E-state index contributed by atoms with van der Waals surface area (Å²) in [4.78, 5) is 0. The van der Waals surface area contributed by atoms with Crippen molar-refractivity contribution in [3.05, 3.63) is 33.8 Å². The molecule has 0 radical (unpaired) electrons. The molecule has 1 aromatic rings. The van der Waals surface area contributed by atoms with Gasteiger partial charge in [0.25, 0.3) is 0 Å². The second-order valence-corrected chi connectivity index (χ2v) is 7.29. The average molecular weight is 345 g/mol. The Labute approximate surface area is 129 Å². The fraction of sp³-hybridized carbons (Fsp3) is 0.500. The highest BCUT2D eigenvalue weighted by atomic mass is 35.5. The Balaban J connectivity index is 2.67. The number of alkyl halides is 1. The van der Waals surface area contributed by atoms with Gasteiger partial charge < -0.3 is 0 Å². The summed E-state index contributed by atoms with van der Waals surface area (Å²) in [6.45, 7) is 1.76. The lowest BCUT2D eigenvalue weighted by Gasteiger charge is -2.15. The molecule has 0 saturated heterocycles. The molecule has 1 aromatic carbocycles. The molecular weight excluding hydrogens is 329 g/mol. The summed E-state index contributed by atoms with van der Waals surface area (Å²) in [7, 11) is -3.31. The van der Waals surface area contributed by atoms with Gasteiger partial charge in [0.1, 0.15) is 0 Å². The first kappa shape index (κ1) is 17.1. The van der Waals surface area contributed by atoms with Gasteiger partial charge in [0.2, 0.25) is 10.0 Å². The summed E-state index contributed by atoms with van der Waals surface area (Å²) >= 11 is 17.2. The molecule has 1 atom stereocenters. The molecule has 108 valence electrons. The van der Waals surface area contributed by atoms with Crippen molar-refractivity contribution in [2.45, 2.75) is 25.8 Å². The van der Waals surface area contributed by atoms with Crippen LogP contribution >= 0.6 is 34.8 Å². The number of halogens is 3. The summed E-state index contributed by atoms with van der Waals surface area (Å²) in [6.07, 6.45) is 1.23. The van der Waals surface area contributed by atoms with E-state index in [0.29, 0.717) is 28.8 Å². The van der Waals surface area contributed by atoms with Gasteiger partial charge in [0.15, 0.2) is 0 Å². The number of hydrogen-bond donors (Lipinski definition) is 1. The Morgan fingerprint density at radius 3 is 2.47 bits per heavy atom. The van der Waals surface area contributed by atoms with Crippen LogP contribution in [0.4, 0.5) is 0 Å². The first-order chi connectivity index (χ1) is 8.85. The molecule has 0 spiro atoms. The third kappa shape index (κ3) is 5.88. The SMILES string of the molecule is CC(NS(=O)(=O)CCCCCl)c1ccc(Cl)c(Cl)c1. The highest BCUT2D eigenvalue weighted by Gasteiger charge is 2.16. The van der Waals surface area contributed by atoms with Crippen molar-refractivity contribution in [1.29, 1.82) is 0 Å². The first-order valence-electron chi connectivity index (χ1n) is 5.86. The minimum atomic E-state index is -3.31. The summed E-state index contributed by atoms with van der Waals surface area (Å²) in [5, 5.41) is 0.856. The van der Waals surface area contributed by atoms with E-state index in [1.54, 1.807) is 25.1 Å². The third-order valence-corrected chi connectivity index (χ3v) is 5.14. The fourth-order valence-corrected chi connectivity index (χ4v) is 3.44. The predicted molar refractivity (Wildman–Crippen MR) is 81.8 cm³/mol. The lowest BCUT2D eigenvalue weighted by atomic mass is 10.1. The zero-order chi connectivity index (χ0) is 14.5. The highest BCUT2D eigenvalue weighted by Crippen LogP contribution is 2.25. The molecule has 0 aliphatic carbocycles. The topological polar surface area (TPSA) is 46.2 Å². The van der Waals surface area contributed by atoms with Crippen molar-refractivity contribution in [2.24, 2.45) is 0 Å². The maximum absolute atomic E-state index is 11.8. The number of benzene rings is 1. The van der Waals surface area contributed by atoms with E-state index in [1.807, 2.05) is 0 Å². The summed E-state index contributed by atoms with van der Waals surface area (Å²) in [5.41, 5.74) is 0.773. The van der Waals surface area contributed by atoms with E-state index in [4.69, 9.17) is 34.8 Å². The van der Waals surface area contributed by atoms with E-state index in [0.717, 1.165) is 5.56 Å². The lowest BCUT2D eigenvalue weighted by Crippen LogP contribution is -2.29. The van der Waals surface area contributed by atoms with Crippen LogP contribution in [0.5, 0.6) is 0 Å². The van der Waals surface area contributed by atoms with Crippen LogP contribution in [0, 0.1) is 0 Å². The molecule has 0 heterocycles. The lowest BCUT2D eigenvalue weighted by molar-refractivity contribution is 0.564. The Hall–Kier alpha value is -0.000000000000000111. The molecule has 0 bridgehead atoms. The smallest absolute Gasteiger partial charge is 0.212 e. The standard InChI is InChI=1S/C12H16Cl3NO2S/c1-9(10-4-5-11(14)12(15)8-10)16-19(17,18)7-3-2-6-13/h4-5,8-9,16H,2-3,6-7H2,1H3. The van der Waals surface area contributed by atoms with Crippen molar-refractivity contribution < 1.29 is 8.42 Å². The average Bonchev–Trinajstić information content (AvgIpc) is 2.32. The van der Waals surface area contributed by atoms with E-state index in [9.17, 15) is 8.42 Å². The molecule has 1 N–H and O–H groups in total. The second-order valence-electron chi connectivity index (χ2n) is 4.23. The monoisotopic (exact) mass is 343 g/mol. The van der Waals surface area contributed by atoms with Gasteiger partial charge in [-0.25, -0.2) is 13.1 Å². The van der Waals surface area contributed by atoms with Gasteiger partial charge in [-0.15, -0.1) is 11.6 Å². The van der Waals surface area contributed by atoms with Crippen LogP contribution in [-0.4, -0.2) is 20.1 Å². The van der Waals surface area contributed by atoms with E-state index >= 15 is 0 Å². The maximum atomic E-state index is 11.8. The van der Waals surface area contributed by atoms with Crippen molar-refractivity contribution >= 4 is 44.8 Å². The van der Waals surface area contributed by atoms with Crippen LogP contribution in [0.3, 0.4) is 0 Å². The molecule has 1 unspecified atom stereocenters. The van der Waals surface area contributed by atoms with Gasteiger partial charge in [-0.3, -0.25) is 0 Å². The van der Waals surface area contributed by atoms with Crippen LogP contribution in [0.25, 0.3) is 0 Å². The minimum absolute atomic E-state index is 0.0748. The third-order valence-electron chi connectivity index (χ3n) is 2.60. The van der Waals surface area contributed by atoms with Gasteiger partial charge in [-0.2, -0.15) is 0 Å². The number of rotatable bonds is 7. The van der Waals surface area contributed by atoms with E-state index in [2.05, 4.69) is 4.72 Å². The van der Waals surface area contributed by atoms with Gasteiger partial charge >= 0.3 is 0 Å². The Bertz CT molecular complexity index is 520. The van der Waals surface area contributed by atoms with Crippen LogP contribution in [0.2, 0.25) is 10.0 Å². The molecule has 1 rings (SSSR count). The van der Waals surface area contributed by atoms with E-state index < -0.39 is 10.0 Å². The molecule has 0 saturated carbocycles. The van der Waals surface area contributed by atoms with Crippen LogP contribution in [0.1, 0.15) is 31.4 Å². The van der Waals surface area contributed by atoms with Crippen molar-refractivity contribution in [3.63, 3.8) is 0 Å². The second kappa shape index (κ2) is 7.70. The minimum Gasteiger partial charge on any atom is -0.212 e. The van der Waals surface area contributed by atoms with Crippen LogP contribution in [0.15, 0.2) is 18.2 Å². The molecule has 0 fully saturated rings. The van der Waals surface area contributed by atoms with Gasteiger partial charge in [0.05, 0.1) is 15.8 Å². The van der Waals surface area contributed by atoms with Gasteiger partial charge in [-0.1, -0.05) is 29.3 Å². The maximum Gasteiger partial charge on any atom is 0.212 e. The molecule has 0 aromatic heterocycles. The Morgan fingerprint density at radius 2 is 1.89 bits per heavy atom. The van der Waals surface area contributed by atoms with Crippen molar-refractivity contribution in [1.82, 2.24) is 4.72 Å². The van der Waals surface area contributed by atoms with Gasteiger partial charge in [-0.05, 0) is 37.5 Å². The molecule has 0 aliphatic rings. The summed E-state index contributed by atoms with van der Waals surface area (Å²) < 4.78 is 26.3. The Morgan fingerprint density at radius 1 is 1.21 bits per heavy atom. The summed E-state index contributed by atoms with van der Waals surface area (Å²) in [5.74, 6) is 0.545. The zero-order valence-corrected chi connectivity index (χ0v) is 13.6. The molecule has 0 amide bonds. The number of hydrogen-bond acceptors (Lipinski definition) is 2.